The first-order valence-electron chi connectivity index (χ1n) is 6.83. The smallest absolute Gasteiger partial charge is 0.132 e. The van der Waals surface area contributed by atoms with E-state index < -0.39 is 14.2 Å². The van der Waals surface area contributed by atoms with E-state index in [4.69, 9.17) is 0 Å². The van der Waals surface area contributed by atoms with Gasteiger partial charge in [0.15, 0.2) is 0 Å². The lowest BCUT2D eigenvalue weighted by atomic mass is 10.1. The summed E-state index contributed by atoms with van der Waals surface area (Å²) in [6.07, 6.45) is 10.9. The topological polar surface area (TPSA) is 20.2 Å². The third-order valence-corrected chi connectivity index (χ3v) is 3.28. The summed E-state index contributed by atoms with van der Waals surface area (Å²) >= 11 is 0. The average Bonchev–Trinajstić information content (AvgIpc) is 2.24. The van der Waals surface area contributed by atoms with Gasteiger partial charge in [0.25, 0.3) is 0 Å². The number of rotatable bonds is 7. The van der Waals surface area contributed by atoms with Crippen LogP contribution in [-0.4, -0.2) is 19.3 Å². The Kier molecular flexibility index (Phi) is 9.21. The second-order valence-corrected chi connectivity index (χ2v) is 10.3. The highest BCUT2D eigenvalue weighted by Crippen LogP contribution is 2.05. The summed E-state index contributed by atoms with van der Waals surface area (Å²) in [4.78, 5) is 0. The maximum Gasteiger partial charge on any atom is 0.132 e. The molecule has 0 saturated heterocycles. The van der Waals surface area contributed by atoms with Crippen molar-refractivity contribution >= 4 is 8.07 Å². The molecule has 0 aliphatic carbocycles. The van der Waals surface area contributed by atoms with Gasteiger partial charge < -0.3 is 5.11 Å². The van der Waals surface area contributed by atoms with Crippen LogP contribution in [0.5, 0.6) is 0 Å². The third kappa shape index (κ3) is 13.4. The fourth-order valence-corrected chi connectivity index (χ4v) is 2.01. The highest BCUT2D eigenvalue weighted by molar-refractivity contribution is 6.83. The van der Waals surface area contributed by atoms with Gasteiger partial charge in [-0.1, -0.05) is 64.2 Å². The number of aliphatic hydroxyl groups excluding tert-OH is 1. The minimum Gasteiger partial charge on any atom is -0.377 e. The molecule has 1 unspecified atom stereocenters. The molecule has 0 aliphatic heterocycles. The molecule has 0 rings (SSSR count). The molecule has 0 spiro atoms. The molecule has 0 bridgehead atoms. The van der Waals surface area contributed by atoms with Crippen LogP contribution in [0.15, 0.2) is 12.2 Å². The highest BCUT2D eigenvalue weighted by Gasteiger charge is 2.07. The lowest BCUT2D eigenvalue weighted by Crippen LogP contribution is -2.17. The van der Waals surface area contributed by atoms with Crippen molar-refractivity contribution < 1.29 is 5.11 Å². The summed E-state index contributed by atoms with van der Waals surface area (Å²) in [5, 5.41) is 9.62. The van der Waals surface area contributed by atoms with Gasteiger partial charge in [0.05, 0.1) is 0 Å². The van der Waals surface area contributed by atoms with E-state index in [2.05, 4.69) is 44.1 Å². The normalized spacial score (nSPS) is 13.5. The second kappa shape index (κ2) is 9.50. The van der Waals surface area contributed by atoms with Gasteiger partial charge in [0.2, 0.25) is 0 Å². The molecule has 0 aromatic heterocycles. The molecule has 1 N–H and O–H groups in total. The highest BCUT2D eigenvalue weighted by atomic mass is 28.3. The zero-order valence-electron chi connectivity index (χ0n) is 11.9. The van der Waals surface area contributed by atoms with Crippen LogP contribution in [0.3, 0.4) is 0 Å². The van der Waals surface area contributed by atoms with Gasteiger partial charge in [-0.25, -0.2) is 0 Å². The van der Waals surface area contributed by atoms with Crippen LogP contribution in [0.25, 0.3) is 0 Å². The van der Waals surface area contributed by atoms with Crippen LogP contribution >= 0.6 is 0 Å². The summed E-state index contributed by atoms with van der Waals surface area (Å²) in [5.41, 5.74) is 3.18. The molecule has 17 heavy (non-hydrogen) atoms. The largest absolute Gasteiger partial charge is 0.377 e. The monoisotopic (exact) mass is 252 g/mol. The van der Waals surface area contributed by atoms with Gasteiger partial charge in [-0.2, -0.15) is 0 Å². The average molecular weight is 252 g/mol. The molecule has 0 radical (unpaired) electrons. The van der Waals surface area contributed by atoms with E-state index in [1.807, 2.05) is 6.08 Å². The standard InChI is InChI=1S/C15H28OSi/c1-5-6-7-8-9-10-11-12-15(16)13-14-17(2,3)4/h11-12,15-16H,5-10H2,1-4H3/b12-11-. The molecule has 1 nitrogen and oxygen atoms in total. The predicted molar refractivity (Wildman–Crippen MR) is 79.6 cm³/mol. The molecule has 0 aliphatic rings. The molecular weight excluding hydrogens is 224 g/mol. The zero-order valence-corrected chi connectivity index (χ0v) is 12.9. The molecule has 0 aromatic rings. The van der Waals surface area contributed by atoms with Crippen LogP contribution in [0, 0.1) is 11.5 Å². The Morgan fingerprint density at radius 2 is 1.76 bits per heavy atom. The SMILES string of the molecule is CCCCCCC/C=C\C(O)C#C[Si](C)(C)C. The van der Waals surface area contributed by atoms with Gasteiger partial charge in [-0.3, -0.25) is 0 Å². The molecule has 0 heterocycles. The van der Waals surface area contributed by atoms with Crippen molar-refractivity contribution in [3.63, 3.8) is 0 Å². The Hall–Kier alpha value is -0.523. The van der Waals surface area contributed by atoms with Crippen molar-refractivity contribution in [3.05, 3.63) is 12.2 Å². The molecule has 0 aromatic carbocycles. The lowest BCUT2D eigenvalue weighted by Gasteiger charge is -2.04. The molecule has 1 atom stereocenters. The van der Waals surface area contributed by atoms with E-state index in [0.29, 0.717) is 0 Å². The lowest BCUT2D eigenvalue weighted by molar-refractivity contribution is 0.280. The number of hydrogen-bond acceptors (Lipinski definition) is 1. The first-order valence-corrected chi connectivity index (χ1v) is 10.3. The Morgan fingerprint density at radius 1 is 1.12 bits per heavy atom. The summed E-state index contributed by atoms with van der Waals surface area (Å²) in [5.74, 6) is 2.91. The second-order valence-electron chi connectivity index (χ2n) is 5.60. The fourth-order valence-electron chi connectivity index (χ4n) is 1.43. The number of allylic oxidation sites excluding steroid dienone is 1. The molecule has 2 heteroatoms. The van der Waals surface area contributed by atoms with Gasteiger partial charge in [0, 0.05) is 0 Å². The third-order valence-electron chi connectivity index (χ3n) is 2.39. The quantitative estimate of drug-likeness (QED) is 0.312. The maximum atomic E-state index is 9.62. The Balaban J connectivity index is 3.66. The molecule has 0 amide bonds. The summed E-state index contributed by atoms with van der Waals surface area (Å²) in [6, 6.07) is 0. The zero-order chi connectivity index (χ0) is 13.1. The first kappa shape index (κ1) is 16.5. The summed E-state index contributed by atoms with van der Waals surface area (Å²) < 4.78 is 0. The van der Waals surface area contributed by atoms with Gasteiger partial charge in [0.1, 0.15) is 14.2 Å². The van der Waals surface area contributed by atoms with Gasteiger partial charge in [-0.15, -0.1) is 5.54 Å². The van der Waals surface area contributed by atoms with E-state index in [-0.39, 0.29) is 0 Å². The van der Waals surface area contributed by atoms with E-state index >= 15 is 0 Å². The van der Waals surface area contributed by atoms with Crippen molar-refractivity contribution in [3.8, 4) is 11.5 Å². The summed E-state index contributed by atoms with van der Waals surface area (Å²) in [7, 11) is -1.34. The van der Waals surface area contributed by atoms with Crippen molar-refractivity contribution in [1.29, 1.82) is 0 Å². The van der Waals surface area contributed by atoms with Crippen LogP contribution in [0.1, 0.15) is 45.4 Å². The predicted octanol–water partition coefficient (Wildman–Crippen LogP) is 4.14. The Morgan fingerprint density at radius 3 is 2.35 bits per heavy atom. The minimum atomic E-state index is -1.34. The van der Waals surface area contributed by atoms with Crippen molar-refractivity contribution in [2.75, 3.05) is 0 Å². The van der Waals surface area contributed by atoms with Crippen LogP contribution in [0.4, 0.5) is 0 Å². The van der Waals surface area contributed by atoms with Crippen molar-refractivity contribution in [1.82, 2.24) is 0 Å². The van der Waals surface area contributed by atoms with E-state index in [1.165, 1.54) is 32.1 Å². The van der Waals surface area contributed by atoms with E-state index in [9.17, 15) is 5.11 Å². The van der Waals surface area contributed by atoms with Crippen LogP contribution in [-0.2, 0) is 0 Å². The van der Waals surface area contributed by atoms with Crippen LogP contribution in [0.2, 0.25) is 19.6 Å². The fraction of sp³-hybridized carbons (Fsp3) is 0.733. The van der Waals surface area contributed by atoms with Gasteiger partial charge in [-0.05, 0) is 18.9 Å². The number of hydrogen-bond donors (Lipinski definition) is 1. The Bertz CT molecular complexity index is 265. The molecule has 98 valence electrons. The maximum absolute atomic E-state index is 9.62. The number of aliphatic hydroxyl groups is 1. The molecular formula is C15H28OSi. The first-order chi connectivity index (χ1) is 7.95. The molecule has 0 saturated carbocycles. The van der Waals surface area contributed by atoms with Crippen molar-refractivity contribution in [2.24, 2.45) is 0 Å². The van der Waals surface area contributed by atoms with Crippen molar-refractivity contribution in [2.45, 2.75) is 71.2 Å². The van der Waals surface area contributed by atoms with E-state index in [0.717, 1.165) is 6.42 Å². The van der Waals surface area contributed by atoms with Crippen LogP contribution < -0.4 is 0 Å². The van der Waals surface area contributed by atoms with Gasteiger partial charge >= 0.3 is 0 Å². The number of unbranched alkanes of at least 4 members (excludes halogenated alkanes) is 5. The van der Waals surface area contributed by atoms with E-state index in [1.54, 1.807) is 0 Å². The molecule has 0 fully saturated rings. The Labute approximate surface area is 108 Å². The minimum absolute atomic E-state index is 0.572. The summed E-state index contributed by atoms with van der Waals surface area (Å²) in [6.45, 7) is 8.78.